The second-order valence-electron chi connectivity index (χ2n) is 3.88. The van der Waals surface area contributed by atoms with E-state index in [1.807, 2.05) is 0 Å². The molecule has 0 saturated heterocycles. The van der Waals surface area contributed by atoms with Gasteiger partial charge >= 0.3 is 0 Å². The number of rotatable bonds is 3. The van der Waals surface area contributed by atoms with Gasteiger partial charge in [0.2, 0.25) is 0 Å². The van der Waals surface area contributed by atoms with Crippen molar-refractivity contribution in [2.24, 2.45) is 5.92 Å². The number of carbonyl (C=O) groups is 1. The summed E-state index contributed by atoms with van der Waals surface area (Å²) in [6.45, 7) is 4.62. The molecule has 16 heavy (non-hydrogen) atoms. The van der Waals surface area contributed by atoms with Crippen LogP contribution in [-0.4, -0.2) is 17.4 Å². The molecule has 1 amide bonds. The number of pyridine rings is 1. The standard InChI is InChI=1S/C13H16N2O/c1-11(2)6-3-4-9-15-13(16)12-7-5-8-14-10-12/h5,7-8,10-11H,6,9H2,1-2H3,(H,15,16). The number of nitrogens with one attached hydrogen (secondary N) is 1. The minimum atomic E-state index is -0.132. The van der Waals surface area contributed by atoms with Crippen LogP contribution in [0.1, 0.15) is 30.6 Å². The minimum absolute atomic E-state index is 0.132. The molecule has 0 saturated carbocycles. The average Bonchev–Trinajstić information content (AvgIpc) is 2.29. The van der Waals surface area contributed by atoms with Gasteiger partial charge in [0.25, 0.3) is 5.91 Å². The zero-order valence-electron chi connectivity index (χ0n) is 9.66. The first kappa shape index (κ1) is 12.3. The number of nitrogens with zero attached hydrogens (tertiary/aromatic N) is 1. The topological polar surface area (TPSA) is 42.0 Å². The van der Waals surface area contributed by atoms with Crippen molar-refractivity contribution >= 4 is 5.91 Å². The lowest BCUT2D eigenvalue weighted by molar-refractivity contribution is 0.0958. The summed E-state index contributed by atoms with van der Waals surface area (Å²) in [5.74, 6) is 6.36. The van der Waals surface area contributed by atoms with E-state index in [2.05, 4.69) is 36.0 Å². The third kappa shape index (κ3) is 4.61. The van der Waals surface area contributed by atoms with Gasteiger partial charge in [-0.3, -0.25) is 9.78 Å². The molecule has 0 spiro atoms. The van der Waals surface area contributed by atoms with E-state index in [1.165, 1.54) is 6.20 Å². The van der Waals surface area contributed by atoms with Crippen LogP contribution in [0.3, 0.4) is 0 Å². The highest BCUT2D eigenvalue weighted by Gasteiger charge is 2.01. The first-order valence-corrected chi connectivity index (χ1v) is 5.34. The van der Waals surface area contributed by atoms with Gasteiger partial charge < -0.3 is 5.32 Å². The maximum absolute atomic E-state index is 11.5. The fourth-order valence-corrected chi connectivity index (χ4v) is 1.06. The zero-order chi connectivity index (χ0) is 11.8. The summed E-state index contributed by atoms with van der Waals surface area (Å²) in [5.41, 5.74) is 0.563. The fraction of sp³-hybridized carbons (Fsp3) is 0.385. The summed E-state index contributed by atoms with van der Waals surface area (Å²) in [6.07, 6.45) is 4.04. The Morgan fingerprint density at radius 2 is 2.31 bits per heavy atom. The van der Waals surface area contributed by atoms with Crippen molar-refractivity contribution < 1.29 is 4.79 Å². The predicted molar refractivity (Wildman–Crippen MR) is 63.8 cm³/mol. The molecule has 0 aliphatic rings. The molecule has 84 valence electrons. The Labute approximate surface area is 96.3 Å². The van der Waals surface area contributed by atoms with Crippen LogP contribution >= 0.6 is 0 Å². The second kappa shape index (κ2) is 6.62. The van der Waals surface area contributed by atoms with Crippen molar-refractivity contribution in [2.45, 2.75) is 20.3 Å². The van der Waals surface area contributed by atoms with Gasteiger partial charge in [0.15, 0.2) is 0 Å². The Hall–Kier alpha value is -1.82. The van der Waals surface area contributed by atoms with Crippen LogP contribution in [-0.2, 0) is 0 Å². The molecular weight excluding hydrogens is 200 g/mol. The average molecular weight is 216 g/mol. The quantitative estimate of drug-likeness (QED) is 0.784. The highest BCUT2D eigenvalue weighted by Crippen LogP contribution is 1.96. The molecule has 0 aromatic carbocycles. The van der Waals surface area contributed by atoms with Gasteiger partial charge in [0.05, 0.1) is 12.1 Å². The van der Waals surface area contributed by atoms with Crippen LogP contribution in [0.4, 0.5) is 0 Å². The SMILES string of the molecule is CC(C)CC#CCNC(=O)c1cccnc1. The van der Waals surface area contributed by atoms with E-state index in [0.717, 1.165) is 6.42 Å². The van der Waals surface area contributed by atoms with Gasteiger partial charge in [-0.25, -0.2) is 0 Å². The molecule has 0 radical (unpaired) electrons. The van der Waals surface area contributed by atoms with Crippen molar-refractivity contribution in [3.63, 3.8) is 0 Å². The lowest BCUT2D eigenvalue weighted by Crippen LogP contribution is -2.23. The van der Waals surface area contributed by atoms with Crippen molar-refractivity contribution in [3.05, 3.63) is 30.1 Å². The van der Waals surface area contributed by atoms with Crippen molar-refractivity contribution in [2.75, 3.05) is 6.54 Å². The second-order valence-corrected chi connectivity index (χ2v) is 3.88. The zero-order valence-corrected chi connectivity index (χ0v) is 9.66. The third-order valence-corrected chi connectivity index (χ3v) is 1.90. The molecule has 1 aromatic heterocycles. The van der Waals surface area contributed by atoms with Crippen molar-refractivity contribution in [3.8, 4) is 11.8 Å². The Morgan fingerprint density at radius 3 is 2.94 bits per heavy atom. The summed E-state index contributed by atoms with van der Waals surface area (Å²) < 4.78 is 0. The van der Waals surface area contributed by atoms with Gasteiger partial charge in [-0.2, -0.15) is 0 Å². The van der Waals surface area contributed by atoms with Crippen molar-refractivity contribution in [1.82, 2.24) is 10.3 Å². The molecule has 1 heterocycles. The molecule has 3 nitrogen and oxygen atoms in total. The number of carbonyl (C=O) groups excluding carboxylic acids is 1. The maximum atomic E-state index is 11.5. The first-order valence-electron chi connectivity index (χ1n) is 5.34. The van der Waals surface area contributed by atoms with Crippen molar-refractivity contribution in [1.29, 1.82) is 0 Å². The molecule has 0 aliphatic carbocycles. The minimum Gasteiger partial charge on any atom is -0.341 e. The Bertz CT molecular complexity index is 387. The molecule has 1 rings (SSSR count). The van der Waals surface area contributed by atoms with E-state index in [0.29, 0.717) is 18.0 Å². The highest BCUT2D eigenvalue weighted by molar-refractivity contribution is 5.93. The number of hydrogen-bond acceptors (Lipinski definition) is 2. The Kier molecular flexibility index (Phi) is 5.07. The van der Waals surface area contributed by atoms with Crippen LogP contribution in [0.5, 0.6) is 0 Å². The lowest BCUT2D eigenvalue weighted by atomic mass is 10.1. The molecule has 3 heteroatoms. The monoisotopic (exact) mass is 216 g/mol. The van der Waals surface area contributed by atoms with E-state index < -0.39 is 0 Å². The van der Waals surface area contributed by atoms with Crippen LogP contribution in [0.15, 0.2) is 24.5 Å². The maximum Gasteiger partial charge on any atom is 0.253 e. The van der Waals surface area contributed by atoms with E-state index in [4.69, 9.17) is 0 Å². The largest absolute Gasteiger partial charge is 0.341 e. The predicted octanol–water partition coefficient (Wildman–Crippen LogP) is 1.86. The molecule has 1 N–H and O–H groups in total. The number of aromatic nitrogens is 1. The molecule has 0 unspecified atom stereocenters. The summed E-state index contributed by atoms with van der Waals surface area (Å²) in [7, 11) is 0. The Morgan fingerprint density at radius 1 is 1.50 bits per heavy atom. The molecule has 0 bridgehead atoms. The number of hydrogen-bond donors (Lipinski definition) is 1. The normalized spacial score (nSPS) is 9.44. The van der Waals surface area contributed by atoms with Crippen LogP contribution in [0.25, 0.3) is 0 Å². The third-order valence-electron chi connectivity index (χ3n) is 1.90. The first-order chi connectivity index (χ1) is 7.70. The van der Waals surface area contributed by atoms with E-state index in [9.17, 15) is 4.79 Å². The summed E-state index contributed by atoms with van der Waals surface area (Å²) in [4.78, 5) is 15.4. The van der Waals surface area contributed by atoms with Gasteiger partial charge in [-0.1, -0.05) is 19.8 Å². The van der Waals surface area contributed by atoms with Gasteiger partial charge in [-0.15, -0.1) is 5.92 Å². The van der Waals surface area contributed by atoms with E-state index in [1.54, 1.807) is 18.3 Å². The summed E-state index contributed by atoms with van der Waals surface area (Å²) in [5, 5.41) is 2.72. The highest BCUT2D eigenvalue weighted by atomic mass is 16.1. The lowest BCUT2D eigenvalue weighted by Gasteiger charge is -1.99. The van der Waals surface area contributed by atoms with E-state index in [-0.39, 0.29) is 5.91 Å². The fourth-order valence-electron chi connectivity index (χ4n) is 1.06. The van der Waals surface area contributed by atoms with Gasteiger partial charge in [-0.05, 0) is 18.1 Å². The summed E-state index contributed by atoms with van der Waals surface area (Å²) in [6, 6.07) is 3.46. The summed E-state index contributed by atoms with van der Waals surface area (Å²) >= 11 is 0. The van der Waals surface area contributed by atoms with Gasteiger partial charge in [0.1, 0.15) is 0 Å². The number of amides is 1. The van der Waals surface area contributed by atoms with Gasteiger partial charge in [0, 0.05) is 18.8 Å². The molecule has 1 aromatic rings. The van der Waals surface area contributed by atoms with Crippen LogP contribution in [0, 0.1) is 17.8 Å². The van der Waals surface area contributed by atoms with Crippen LogP contribution < -0.4 is 5.32 Å². The molecule has 0 fully saturated rings. The molecular formula is C13H16N2O. The molecule has 0 atom stereocenters. The molecule has 0 aliphatic heterocycles. The van der Waals surface area contributed by atoms with E-state index >= 15 is 0 Å². The Balaban J connectivity index is 2.33. The smallest absolute Gasteiger partial charge is 0.253 e. The van der Waals surface area contributed by atoms with Crippen LogP contribution in [0.2, 0.25) is 0 Å².